The van der Waals surface area contributed by atoms with Crippen LogP contribution in [0.15, 0.2) is 48.5 Å². The van der Waals surface area contributed by atoms with Crippen LogP contribution in [0.1, 0.15) is 30.6 Å². The first kappa shape index (κ1) is 25.0. The van der Waals surface area contributed by atoms with Crippen molar-refractivity contribution in [2.45, 2.75) is 19.4 Å². The summed E-state index contributed by atoms with van der Waals surface area (Å²) < 4.78 is 16.3. The predicted octanol–water partition coefficient (Wildman–Crippen LogP) is 3.72. The first-order valence-electron chi connectivity index (χ1n) is 10.0. The van der Waals surface area contributed by atoms with Crippen molar-refractivity contribution < 1.29 is 28.9 Å². The lowest BCUT2D eigenvalue weighted by atomic mass is 9.94. The summed E-state index contributed by atoms with van der Waals surface area (Å²) in [5, 5.41) is 20.5. The van der Waals surface area contributed by atoms with Gasteiger partial charge in [-0.05, 0) is 48.4 Å². The minimum absolute atomic E-state index is 0.00839. The van der Waals surface area contributed by atoms with Gasteiger partial charge in [-0.3, -0.25) is 10.1 Å². The molecule has 0 bridgehead atoms. The number of carbonyl (C=O) groups is 2. The Morgan fingerprint density at radius 1 is 1.19 bits per heavy atom. The molecular weight excluding hydrogens is 432 g/mol. The second-order valence-electron chi connectivity index (χ2n) is 6.93. The van der Waals surface area contributed by atoms with Crippen LogP contribution in [0, 0.1) is 17.2 Å². The van der Waals surface area contributed by atoms with Gasteiger partial charge in [-0.1, -0.05) is 19.1 Å². The summed E-state index contributed by atoms with van der Waals surface area (Å²) in [7, 11) is 0. The number of anilines is 1. The van der Waals surface area contributed by atoms with Crippen LogP contribution >= 0.6 is 12.6 Å². The van der Waals surface area contributed by atoms with Gasteiger partial charge >= 0.3 is 12.1 Å². The highest BCUT2D eigenvalue weighted by Crippen LogP contribution is 2.31. The largest absolute Gasteiger partial charge is 0.491 e. The van der Waals surface area contributed by atoms with Crippen LogP contribution in [-0.4, -0.2) is 42.7 Å². The van der Waals surface area contributed by atoms with E-state index in [0.29, 0.717) is 29.0 Å². The molecule has 0 unspecified atom stereocenters. The normalized spacial score (nSPS) is 12.2. The molecule has 170 valence electrons. The maximum atomic E-state index is 12.6. The summed E-state index contributed by atoms with van der Waals surface area (Å²) in [5.74, 6) is -0.0872. The fourth-order valence-corrected chi connectivity index (χ4v) is 3.00. The lowest BCUT2D eigenvalue weighted by Crippen LogP contribution is -2.23. The fraction of sp³-hybridized carbons (Fsp3) is 0.348. The third-order valence-electron chi connectivity index (χ3n) is 4.52. The summed E-state index contributed by atoms with van der Waals surface area (Å²) in [5.41, 5.74) is 1.66. The van der Waals surface area contributed by atoms with E-state index in [4.69, 9.17) is 24.6 Å². The summed E-state index contributed by atoms with van der Waals surface area (Å²) >= 11 is 3.88. The Labute approximate surface area is 192 Å². The first-order valence-corrected chi connectivity index (χ1v) is 10.7. The van der Waals surface area contributed by atoms with Gasteiger partial charge in [-0.15, -0.1) is 0 Å². The number of thiol groups is 1. The minimum atomic E-state index is -0.666. The average Bonchev–Trinajstić information content (AvgIpc) is 2.81. The number of amides is 1. The molecule has 0 saturated heterocycles. The van der Waals surface area contributed by atoms with Gasteiger partial charge < -0.3 is 19.3 Å². The van der Waals surface area contributed by atoms with Crippen LogP contribution in [0.5, 0.6) is 5.75 Å². The standard InChI is InChI=1S/C23H26N2O6S/c1-16(9-11-30-21(27)15-32)22(18-3-2-4-20(13-18)29-12-10-26)31-23(28)25-19-7-5-17(14-24)6-8-19/h2-8,13,16,22,26,32H,9-12,15H2,1H3,(H,25,28)/t16-,22+/m0/s1. The van der Waals surface area contributed by atoms with E-state index < -0.39 is 18.2 Å². The van der Waals surface area contributed by atoms with E-state index in [1.165, 1.54) is 0 Å². The van der Waals surface area contributed by atoms with Gasteiger partial charge in [0.1, 0.15) is 18.5 Å². The Morgan fingerprint density at radius 3 is 2.59 bits per heavy atom. The fourth-order valence-electron chi connectivity index (χ4n) is 2.90. The van der Waals surface area contributed by atoms with Crippen LogP contribution in [0.25, 0.3) is 0 Å². The third-order valence-corrected chi connectivity index (χ3v) is 4.78. The molecule has 0 spiro atoms. The van der Waals surface area contributed by atoms with Crippen LogP contribution < -0.4 is 10.1 Å². The van der Waals surface area contributed by atoms with E-state index in [1.807, 2.05) is 19.1 Å². The predicted molar refractivity (Wildman–Crippen MR) is 122 cm³/mol. The monoisotopic (exact) mass is 458 g/mol. The van der Waals surface area contributed by atoms with Crippen LogP contribution in [0.4, 0.5) is 10.5 Å². The number of carbonyl (C=O) groups excluding carboxylic acids is 2. The summed E-state index contributed by atoms with van der Waals surface area (Å²) in [4.78, 5) is 23.9. The summed E-state index contributed by atoms with van der Waals surface area (Å²) in [6.45, 7) is 2.07. The zero-order chi connectivity index (χ0) is 23.3. The molecular formula is C23H26N2O6S. The van der Waals surface area contributed by atoms with Gasteiger partial charge in [-0.2, -0.15) is 17.9 Å². The zero-order valence-corrected chi connectivity index (χ0v) is 18.6. The van der Waals surface area contributed by atoms with Gasteiger partial charge in [0, 0.05) is 11.6 Å². The Kier molecular flexibility index (Phi) is 10.4. The Bertz CT molecular complexity index is 929. The van der Waals surface area contributed by atoms with E-state index in [0.717, 1.165) is 0 Å². The SMILES string of the molecule is C[C@@H](CCOC(=O)CS)[C@@H](OC(=O)Nc1ccc(C#N)cc1)c1cccc(OCCO)c1. The molecule has 2 N–H and O–H groups in total. The van der Waals surface area contributed by atoms with E-state index in [-0.39, 0.29) is 31.5 Å². The van der Waals surface area contributed by atoms with Crippen molar-refractivity contribution in [3.63, 3.8) is 0 Å². The number of hydrogen-bond acceptors (Lipinski definition) is 8. The van der Waals surface area contributed by atoms with E-state index in [9.17, 15) is 9.59 Å². The summed E-state index contributed by atoms with van der Waals surface area (Å²) in [6.07, 6.45) is -0.864. The topological polar surface area (TPSA) is 118 Å². The Hall–Kier alpha value is -3.22. The highest BCUT2D eigenvalue weighted by atomic mass is 32.1. The maximum Gasteiger partial charge on any atom is 0.412 e. The number of hydrogen-bond donors (Lipinski definition) is 3. The second-order valence-corrected chi connectivity index (χ2v) is 7.25. The smallest absolute Gasteiger partial charge is 0.412 e. The number of nitrogens with one attached hydrogen (secondary N) is 1. The van der Waals surface area contributed by atoms with Crippen molar-refractivity contribution in [1.29, 1.82) is 5.26 Å². The first-order chi connectivity index (χ1) is 15.5. The molecule has 0 radical (unpaired) electrons. The van der Waals surface area contributed by atoms with E-state index in [2.05, 4.69) is 17.9 Å². The van der Waals surface area contributed by atoms with Gasteiger partial charge in [0.15, 0.2) is 0 Å². The van der Waals surface area contributed by atoms with Gasteiger partial charge in [-0.25, -0.2) is 4.79 Å². The van der Waals surface area contributed by atoms with E-state index >= 15 is 0 Å². The zero-order valence-electron chi connectivity index (χ0n) is 17.7. The number of benzene rings is 2. The van der Waals surface area contributed by atoms with Crippen LogP contribution in [-0.2, 0) is 14.3 Å². The summed E-state index contributed by atoms with van der Waals surface area (Å²) in [6, 6.07) is 15.5. The second kappa shape index (κ2) is 13.2. The molecule has 8 nitrogen and oxygen atoms in total. The van der Waals surface area contributed by atoms with Gasteiger partial charge in [0.25, 0.3) is 0 Å². The van der Waals surface area contributed by atoms with Crippen LogP contribution in [0.2, 0.25) is 0 Å². The minimum Gasteiger partial charge on any atom is -0.491 e. The highest BCUT2D eigenvalue weighted by Gasteiger charge is 2.25. The van der Waals surface area contributed by atoms with Crippen molar-refractivity contribution in [3.8, 4) is 11.8 Å². The number of aliphatic hydroxyl groups excluding tert-OH is 1. The molecule has 9 heteroatoms. The van der Waals surface area contributed by atoms with Crippen molar-refractivity contribution in [1.82, 2.24) is 0 Å². The molecule has 0 aliphatic heterocycles. The maximum absolute atomic E-state index is 12.6. The Morgan fingerprint density at radius 2 is 1.94 bits per heavy atom. The molecule has 0 aromatic heterocycles. The van der Waals surface area contributed by atoms with Crippen molar-refractivity contribution in [2.75, 3.05) is 30.9 Å². The average molecular weight is 459 g/mol. The molecule has 0 aliphatic carbocycles. The Balaban J connectivity index is 2.14. The van der Waals surface area contributed by atoms with Crippen molar-refractivity contribution in [2.24, 2.45) is 5.92 Å². The number of nitrogens with zero attached hydrogens (tertiary/aromatic N) is 1. The van der Waals surface area contributed by atoms with E-state index in [1.54, 1.807) is 42.5 Å². The number of rotatable bonds is 11. The molecule has 2 rings (SSSR count). The number of aliphatic hydroxyl groups is 1. The van der Waals surface area contributed by atoms with Gasteiger partial charge in [0.2, 0.25) is 0 Å². The molecule has 32 heavy (non-hydrogen) atoms. The van der Waals surface area contributed by atoms with Gasteiger partial charge in [0.05, 0.1) is 30.6 Å². The number of ether oxygens (including phenoxy) is 3. The lowest BCUT2D eigenvalue weighted by molar-refractivity contribution is -0.141. The molecule has 1 amide bonds. The highest BCUT2D eigenvalue weighted by molar-refractivity contribution is 7.81. The third kappa shape index (κ3) is 8.13. The molecule has 0 saturated carbocycles. The van der Waals surface area contributed by atoms with Crippen LogP contribution in [0.3, 0.4) is 0 Å². The van der Waals surface area contributed by atoms with Crippen molar-refractivity contribution >= 4 is 30.4 Å². The molecule has 2 atom stereocenters. The number of esters is 1. The lowest BCUT2D eigenvalue weighted by Gasteiger charge is -2.25. The quantitative estimate of drug-likeness (QED) is 0.347. The number of nitriles is 1. The molecule has 0 aliphatic rings. The molecule has 2 aromatic carbocycles. The molecule has 0 heterocycles. The molecule has 2 aromatic rings. The van der Waals surface area contributed by atoms with Crippen molar-refractivity contribution in [3.05, 3.63) is 59.7 Å². The molecule has 0 fully saturated rings.